The van der Waals surface area contributed by atoms with Gasteiger partial charge in [-0.1, -0.05) is 66.2 Å². The average Bonchev–Trinajstić information content (AvgIpc) is 3.87. The van der Waals surface area contributed by atoms with E-state index in [2.05, 4.69) is 96.6 Å². The SMILES string of the molecule is C=C(COC)C(=O)OC(C)(C)C.CC(C)(C)C1CO1.CC(C)(C)CC1(C)COC1.CC(C)=C(C)C(=O)OC(C)(C)C.CC(C)=C(C)COC(C)(C)C.CC(C)=COC(C)(C)C. The van der Waals surface area contributed by atoms with E-state index in [9.17, 15) is 9.59 Å². The van der Waals surface area contributed by atoms with E-state index in [1.807, 2.05) is 90.0 Å². The Morgan fingerprint density at radius 1 is 0.656 bits per heavy atom. The van der Waals surface area contributed by atoms with Crippen LogP contribution in [0.5, 0.6) is 0 Å². The highest BCUT2D eigenvalue weighted by molar-refractivity contribution is 5.89. The molecule has 0 aromatic heterocycles. The van der Waals surface area contributed by atoms with E-state index < -0.39 is 17.2 Å². The predicted octanol–water partition coefficient (Wildman–Crippen LogP) is 14.0. The summed E-state index contributed by atoms with van der Waals surface area (Å²) in [5.74, 6) is -0.619. The topological polar surface area (TPSA) is 102 Å². The van der Waals surface area contributed by atoms with Gasteiger partial charge in [0.2, 0.25) is 0 Å². The van der Waals surface area contributed by atoms with Gasteiger partial charge in [0.15, 0.2) is 0 Å². The molecular weight excluding hydrogens is 769 g/mol. The quantitative estimate of drug-likeness (QED) is 0.0776. The molecule has 0 aliphatic carbocycles. The van der Waals surface area contributed by atoms with Crippen molar-refractivity contribution in [2.24, 2.45) is 16.2 Å². The molecule has 2 saturated heterocycles. The lowest BCUT2D eigenvalue weighted by Crippen LogP contribution is -2.42. The largest absolute Gasteiger partial charge is 0.496 e. The molecule has 9 heteroatoms. The van der Waals surface area contributed by atoms with Crippen molar-refractivity contribution in [3.05, 3.63) is 46.3 Å². The van der Waals surface area contributed by atoms with Crippen molar-refractivity contribution in [1.29, 1.82) is 0 Å². The maximum atomic E-state index is 11.3. The van der Waals surface area contributed by atoms with Crippen LogP contribution in [0.15, 0.2) is 46.3 Å². The van der Waals surface area contributed by atoms with Crippen molar-refractivity contribution in [1.82, 2.24) is 0 Å². The number of methoxy groups -OCH3 is 1. The van der Waals surface area contributed by atoms with Crippen molar-refractivity contribution in [2.75, 3.05) is 40.1 Å². The van der Waals surface area contributed by atoms with Gasteiger partial charge in [-0.3, -0.25) is 0 Å². The molecule has 0 spiro atoms. The molecule has 0 radical (unpaired) electrons. The summed E-state index contributed by atoms with van der Waals surface area (Å²) in [6, 6.07) is 0. The average molecular weight is 869 g/mol. The van der Waals surface area contributed by atoms with Gasteiger partial charge in [0.1, 0.15) is 11.2 Å². The minimum absolute atomic E-state index is 0.0172. The highest BCUT2D eigenvalue weighted by atomic mass is 16.6. The van der Waals surface area contributed by atoms with E-state index in [4.69, 9.17) is 33.2 Å². The van der Waals surface area contributed by atoms with E-state index >= 15 is 0 Å². The molecule has 61 heavy (non-hydrogen) atoms. The first kappa shape index (κ1) is 65.2. The zero-order valence-electron chi connectivity index (χ0n) is 45.3. The monoisotopic (exact) mass is 869 g/mol. The number of carbonyl (C=O) groups excluding carboxylic acids is 2. The minimum atomic E-state index is -0.465. The Morgan fingerprint density at radius 3 is 1.28 bits per heavy atom. The molecule has 0 amide bonds. The molecule has 0 bridgehead atoms. The summed E-state index contributed by atoms with van der Waals surface area (Å²) in [6.07, 6.45) is 3.62. The fourth-order valence-electron chi connectivity index (χ4n) is 4.29. The summed E-state index contributed by atoms with van der Waals surface area (Å²) in [6.45, 7) is 62.5. The Morgan fingerprint density at radius 2 is 1.08 bits per heavy atom. The summed E-state index contributed by atoms with van der Waals surface area (Å²) in [5, 5.41) is 0. The van der Waals surface area contributed by atoms with Crippen LogP contribution in [0.4, 0.5) is 0 Å². The Hall–Kier alpha value is -2.46. The summed E-state index contributed by atoms with van der Waals surface area (Å²) in [7, 11) is 1.51. The number of rotatable bonds is 8. The zero-order valence-corrected chi connectivity index (χ0v) is 45.3. The Balaban J connectivity index is -0.000000322. The summed E-state index contributed by atoms with van der Waals surface area (Å²) in [4.78, 5) is 22.5. The molecule has 2 fully saturated rings. The van der Waals surface area contributed by atoms with Crippen LogP contribution in [0.2, 0.25) is 0 Å². The molecule has 9 nitrogen and oxygen atoms in total. The Bertz CT molecular complexity index is 1350. The molecule has 0 N–H and O–H groups in total. The van der Waals surface area contributed by atoms with Gasteiger partial charge in [-0.05, 0) is 167 Å². The van der Waals surface area contributed by atoms with Gasteiger partial charge < -0.3 is 33.2 Å². The van der Waals surface area contributed by atoms with E-state index in [0.29, 0.717) is 33.5 Å². The van der Waals surface area contributed by atoms with Crippen molar-refractivity contribution in [3.8, 4) is 0 Å². The van der Waals surface area contributed by atoms with Gasteiger partial charge >= 0.3 is 11.9 Å². The lowest BCUT2D eigenvalue weighted by atomic mass is 9.74. The molecule has 0 aromatic rings. The number of esters is 2. The molecule has 0 aromatic carbocycles. The Kier molecular flexibility index (Phi) is 30.3. The van der Waals surface area contributed by atoms with Gasteiger partial charge in [0, 0.05) is 18.1 Å². The molecule has 2 aliphatic rings. The van der Waals surface area contributed by atoms with E-state index in [0.717, 1.165) is 32.0 Å². The fourth-order valence-corrected chi connectivity index (χ4v) is 4.29. The van der Waals surface area contributed by atoms with Crippen LogP contribution in [-0.2, 0) is 42.7 Å². The minimum Gasteiger partial charge on any atom is -0.496 e. The molecule has 362 valence electrons. The number of allylic oxidation sites excluding steroid dienone is 3. The van der Waals surface area contributed by atoms with Crippen LogP contribution in [-0.4, -0.2) is 80.6 Å². The van der Waals surface area contributed by atoms with Gasteiger partial charge in [-0.2, -0.15) is 0 Å². The number of epoxide rings is 1. The smallest absolute Gasteiger partial charge is 0.336 e. The standard InChI is InChI=1S/C10H18O2.C10H20O.C9H16O3.C9H18O.C8H16O.C6H12O/c1-7(2)8(3)9(11)12-10(4,5)6;1-8(2)9(3)7-11-10(4,5)6;1-7(6-11-5)8(10)12-9(2,3)4;1-8(2,3)5-9(4)6-10-7-9;1-7(2)6-9-8(3,4)5;1-6(2,3)5-4-7-5/h1-6H3;7H2,1-6H3;1,6H2,2-5H3;5-7H2,1-4H3;6H,1-5H3;5H,4H2,1-3H3. The van der Waals surface area contributed by atoms with Crippen molar-refractivity contribution >= 4 is 11.9 Å². The maximum Gasteiger partial charge on any atom is 0.336 e. The second kappa shape index (κ2) is 28.4. The van der Waals surface area contributed by atoms with E-state index in [1.165, 1.54) is 30.2 Å². The molecule has 2 heterocycles. The van der Waals surface area contributed by atoms with Gasteiger partial charge in [0.25, 0.3) is 0 Å². The van der Waals surface area contributed by atoms with E-state index in [-0.39, 0.29) is 23.8 Å². The fraction of sp³-hybridized carbons (Fsp3) is 0.808. The molecular formula is C52H100O9. The van der Waals surface area contributed by atoms with Crippen molar-refractivity contribution < 1.29 is 42.7 Å². The van der Waals surface area contributed by atoms with Crippen LogP contribution >= 0.6 is 0 Å². The highest BCUT2D eigenvalue weighted by Gasteiger charge is 2.37. The van der Waals surface area contributed by atoms with Gasteiger partial charge in [-0.25, -0.2) is 9.59 Å². The summed E-state index contributed by atoms with van der Waals surface area (Å²) >= 11 is 0. The lowest BCUT2D eigenvalue weighted by Gasteiger charge is -2.42. The van der Waals surface area contributed by atoms with Crippen LogP contribution in [0.25, 0.3) is 0 Å². The molecule has 1 atom stereocenters. The first-order chi connectivity index (χ1) is 26.9. The number of carbonyl (C=O) groups is 2. The first-order valence-corrected chi connectivity index (χ1v) is 21.9. The third-order valence-electron chi connectivity index (χ3n) is 7.84. The predicted molar refractivity (Wildman–Crippen MR) is 259 cm³/mol. The maximum absolute atomic E-state index is 11.3. The van der Waals surface area contributed by atoms with Gasteiger partial charge in [-0.15, -0.1) is 0 Å². The molecule has 1 unspecified atom stereocenters. The van der Waals surface area contributed by atoms with Crippen LogP contribution in [0.3, 0.4) is 0 Å². The highest BCUT2D eigenvalue weighted by Crippen LogP contribution is 2.38. The van der Waals surface area contributed by atoms with Crippen molar-refractivity contribution in [3.63, 3.8) is 0 Å². The van der Waals surface area contributed by atoms with Crippen LogP contribution in [0, 0.1) is 16.2 Å². The second-order valence-corrected chi connectivity index (χ2v) is 23.5. The summed E-state index contributed by atoms with van der Waals surface area (Å²) < 4.78 is 36.1. The third kappa shape index (κ3) is 46.9. The number of hydrogen-bond acceptors (Lipinski definition) is 9. The van der Waals surface area contributed by atoms with Crippen LogP contribution in [0.1, 0.15) is 193 Å². The molecule has 2 aliphatic heterocycles. The van der Waals surface area contributed by atoms with E-state index in [1.54, 1.807) is 13.2 Å². The third-order valence-corrected chi connectivity index (χ3v) is 7.84. The molecule has 2 rings (SSSR count). The van der Waals surface area contributed by atoms with Crippen LogP contribution < -0.4 is 0 Å². The zero-order chi connectivity index (χ0) is 49.6. The number of hydrogen-bond donors (Lipinski definition) is 0. The lowest BCUT2D eigenvalue weighted by molar-refractivity contribution is -0.151. The summed E-state index contributed by atoms with van der Waals surface area (Å²) in [5.41, 5.74) is 6.34. The molecule has 0 saturated carbocycles. The normalized spacial score (nSPS) is 15.4. The van der Waals surface area contributed by atoms with Crippen molar-refractivity contribution in [2.45, 2.75) is 222 Å². The second-order valence-electron chi connectivity index (χ2n) is 23.5. The first-order valence-electron chi connectivity index (χ1n) is 21.9. The van der Waals surface area contributed by atoms with Gasteiger partial charge in [0.05, 0.1) is 62.2 Å². The number of ether oxygens (including phenoxy) is 7. The Labute approximate surface area is 378 Å².